The molecule has 0 spiro atoms. The third kappa shape index (κ3) is 3.30. The van der Waals surface area contributed by atoms with Gasteiger partial charge in [0.25, 0.3) is 0 Å². The lowest BCUT2D eigenvalue weighted by Crippen LogP contribution is -2.33. The van der Waals surface area contributed by atoms with Gasteiger partial charge in [-0.15, -0.1) is 21.5 Å². The predicted molar refractivity (Wildman–Crippen MR) is 108 cm³/mol. The number of hydrogen-bond donors (Lipinski definition) is 0. The summed E-state index contributed by atoms with van der Waals surface area (Å²) >= 11 is 1.56. The van der Waals surface area contributed by atoms with E-state index in [0.717, 1.165) is 70.1 Å². The van der Waals surface area contributed by atoms with Crippen molar-refractivity contribution in [2.24, 2.45) is 0 Å². The largest absolute Gasteiger partial charge is 0.497 e. The van der Waals surface area contributed by atoms with Crippen molar-refractivity contribution in [3.05, 3.63) is 42.0 Å². The maximum atomic E-state index is 5.53. The predicted octanol–water partition coefficient (Wildman–Crippen LogP) is 2.38. The number of thiazole rings is 1. The zero-order valence-electron chi connectivity index (χ0n) is 16.1. The van der Waals surface area contributed by atoms with E-state index in [1.165, 1.54) is 0 Å². The van der Waals surface area contributed by atoms with Crippen LogP contribution in [0.5, 0.6) is 11.5 Å². The highest BCUT2D eigenvalue weighted by atomic mass is 32.1. The van der Waals surface area contributed by atoms with E-state index in [2.05, 4.69) is 34.8 Å². The van der Waals surface area contributed by atoms with Crippen molar-refractivity contribution < 1.29 is 9.47 Å². The maximum absolute atomic E-state index is 5.53. The second kappa shape index (κ2) is 7.37. The number of nitrogens with zero attached hydrogens (tertiary/aromatic N) is 7. The summed E-state index contributed by atoms with van der Waals surface area (Å²) in [7, 11) is 3.34. The van der Waals surface area contributed by atoms with Gasteiger partial charge < -0.3 is 14.0 Å². The minimum absolute atomic E-state index is 0.718. The van der Waals surface area contributed by atoms with Crippen LogP contribution in [0.2, 0.25) is 0 Å². The maximum Gasteiger partial charge on any atom is 0.193 e. The normalized spacial score (nSPS) is 14.1. The number of fused-ring (bicyclic) bond motifs is 2. The Kier molecular flexibility index (Phi) is 4.57. The van der Waals surface area contributed by atoms with E-state index in [4.69, 9.17) is 9.47 Å². The standard InChI is InChI=1S/C19H19N7O2S/c1-27-13-4-3-12(15(7-13)28-2)10-25-5-6-26-17(11-25)23-24-18(26)19-22-14-8-20-21-9-16(14)29-19/h3-4,7-9H,5-6,10-11H2,1-2H3. The number of aromatic nitrogens is 6. The lowest BCUT2D eigenvalue weighted by atomic mass is 10.1. The molecule has 4 heterocycles. The number of methoxy groups -OCH3 is 2. The molecule has 1 aliphatic heterocycles. The van der Waals surface area contributed by atoms with Crippen LogP contribution in [0.15, 0.2) is 30.6 Å². The fourth-order valence-corrected chi connectivity index (χ4v) is 4.42. The molecule has 4 aromatic rings. The molecule has 3 aromatic heterocycles. The summed E-state index contributed by atoms with van der Waals surface area (Å²) < 4.78 is 14.0. The highest BCUT2D eigenvalue weighted by molar-refractivity contribution is 7.21. The third-order valence-corrected chi connectivity index (χ3v) is 6.02. The minimum Gasteiger partial charge on any atom is -0.497 e. The van der Waals surface area contributed by atoms with E-state index < -0.39 is 0 Å². The Labute approximate surface area is 170 Å². The summed E-state index contributed by atoms with van der Waals surface area (Å²) in [5, 5.41) is 17.5. The van der Waals surface area contributed by atoms with Crippen LogP contribution in [-0.2, 0) is 19.6 Å². The van der Waals surface area contributed by atoms with Crippen LogP contribution in [0, 0.1) is 0 Å². The molecule has 0 amide bonds. The summed E-state index contributed by atoms with van der Waals surface area (Å²) in [5.41, 5.74) is 1.95. The fraction of sp³-hybridized carbons (Fsp3) is 0.316. The molecule has 0 radical (unpaired) electrons. The van der Waals surface area contributed by atoms with E-state index >= 15 is 0 Å². The molecule has 0 N–H and O–H groups in total. The molecule has 1 aliphatic rings. The van der Waals surface area contributed by atoms with Gasteiger partial charge in [0.2, 0.25) is 0 Å². The minimum atomic E-state index is 0.718. The number of hydrogen-bond acceptors (Lipinski definition) is 9. The molecule has 148 valence electrons. The third-order valence-electron chi connectivity index (χ3n) is 5.01. The highest BCUT2D eigenvalue weighted by Gasteiger charge is 2.24. The van der Waals surface area contributed by atoms with Crippen LogP contribution < -0.4 is 9.47 Å². The zero-order valence-corrected chi connectivity index (χ0v) is 16.9. The van der Waals surface area contributed by atoms with Gasteiger partial charge in [0.15, 0.2) is 10.8 Å². The molecule has 5 rings (SSSR count). The zero-order chi connectivity index (χ0) is 19.8. The smallest absolute Gasteiger partial charge is 0.193 e. The molecule has 1 aromatic carbocycles. The molecular weight excluding hydrogens is 390 g/mol. The van der Waals surface area contributed by atoms with Gasteiger partial charge in [0.1, 0.15) is 22.8 Å². The first-order valence-electron chi connectivity index (χ1n) is 9.18. The average Bonchev–Trinajstić information content (AvgIpc) is 3.37. The Hall–Kier alpha value is -3.11. The SMILES string of the molecule is COc1ccc(CN2CCn3c(nnc3-c3nc4cnncc4s3)C2)c(OC)c1. The van der Waals surface area contributed by atoms with Crippen LogP contribution >= 0.6 is 11.3 Å². The van der Waals surface area contributed by atoms with Crippen molar-refractivity contribution in [2.45, 2.75) is 19.6 Å². The Balaban J connectivity index is 1.37. The van der Waals surface area contributed by atoms with E-state index in [1.807, 2.05) is 18.2 Å². The summed E-state index contributed by atoms with van der Waals surface area (Å²) in [5.74, 6) is 3.36. The van der Waals surface area contributed by atoms with E-state index in [0.29, 0.717) is 0 Å². The van der Waals surface area contributed by atoms with Crippen molar-refractivity contribution in [1.29, 1.82) is 0 Å². The molecule has 0 bridgehead atoms. The van der Waals surface area contributed by atoms with Gasteiger partial charge in [0, 0.05) is 31.3 Å². The Morgan fingerprint density at radius 3 is 2.79 bits per heavy atom. The molecule has 0 saturated carbocycles. The second-order valence-corrected chi connectivity index (χ2v) is 7.77. The topological polar surface area (TPSA) is 91.1 Å². The molecule has 0 atom stereocenters. The first kappa shape index (κ1) is 18.0. The number of benzene rings is 1. The van der Waals surface area contributed by atoms with Crippen molar-refractivity contribution in [2.75, 3.05) is 20.8 Å². The molecule has 10 heteroatoms. The lowest BCUT2D eigenvalue weighted by Gasteiger charge is -2.28. The van der Waals surface area contributed by atoms with E-state index in [1.54, 1.807) is 38.0 Å². The molecule has 9 nitrogen and oxygen atoms in total. The van der Waals surface area contributed by atoms with Gasteiger partial charge in [0.05, 0.1) is 37.9 Å². The summed E-state index contributed by atoms with van der Waals surface area (Å²) in [4.78, 5) is 6.98. The highest BCUT2D eigenvalue weighted by Crippen LogP contribution is 2.31. The number of rotatable bonds is 5. The van der Waals surface area contributed by atoms with Crippen molar-refractivity contribution in [1.82, 2.24) is 34.8 Å². The first-order valence-corrected chi connectivity index (χ1v) is 9.99. The fourth-order valence-electron chi connectivity index (χ4n) is 3.52. The van der Waals surface area contributed by atoms with E-state index in [9.17, 15) is 0 Å². The van der Waals surface area contributed by atoms with Gasteiger partial charge >= 0.3 is 0 Å². The summed E-state index contributed by atoms with van der Waals surface area (Å²) in [6, 6.07) is 5.92. The van der Waals surface area contributed by atoms with Crippen LogP contribution in [0.3, 0.4) is 0 Å². The lowest BCUT2D eigenvalue weighted by molar-refractivity contribution is 0.207. The van der Waals surface area contributed by atoms with Gasteiger partial charge in [-0.25, -0.2) is 4.98 Å². The monoisotopic (exact) mass is 409 g/mol. The Morgan fingerprint density at radius 2 is 1.97 bits per heavy atom. The van der Waals surface area contributed by atoms with Crippen molar-refractivity contribution >= 4 is 21.6 Å². The van der Waals surface area contributed by atoms with Gasteiger partial charge in [-0.05, 0) is 6.07 Å². The van der Waals surface area contributed by atoms with Crippen LogP contribution in [0.1, 0.15) is 11.4 Å². The summed E-state index contributed by atoms with van der Waals surface area (Å²) in [6.07, 6.45) is 3.40. The number of ether oxygens (including phenoxy) is 2. The van der Waals surface area contributed by atoms with Crippen molar-refractivity contribution in [3.8, 4) is 22.3 Å². The van der Waals surface area contributed by atoms with Gasteiger partial charge in [-0.3, -0.25) is 4.90 Å². The molecule has 29 heavy (non-hydrogen) atoms. The molecule has 0 aliphatic carbocycles. The quantitative estimate of drug-likeness (QED) is 0.496. The van der Waals surface area contributed by atoms with Gasteiger partial charge in [-0.2, -0.15) is 10.2 Å². The van der Waals surface area contributed by atoms with Crippen LogP contribution in [0.4, 0.5) is 0 Å². The second-order valence-electron chi connectivity index (χ2n) is 6.74. The Bertz CT molecular complexity index is 1140. The van der Waals surface area contributed by atoms with Gasteiger partial charge in [-0.1, -0.05) is 6.07 Å². The first-order chi connectivity index (χ1) is 14.2. The molecule has 0 unspecified atom stereocenters. The molecule has 0 fully saturated rings. The molecule has 0 saturated heterocycles. The molecular formula is C19H19N7O2S. The Morgan fingerprint density at radius 1 is 1.07 bits per heavy atom. The summed E-state index contributed by atoms with van der Waals surface area (Å²) in [6.45, 7) is 3.19. The van der Waals surface area contributed by atoms with Crippen LogP contribution in [0.25, 0.3) is 21.0 Å². The van der Waals surface area contributed by atoms with Crippen LogP contribution in [-0.4, -0.2) is 55.6 Å². The van der Waals surface area contributed by atoms with E-state index in [-0.39, 0.29) is 0 Å². The van der Waals surface area contributed by atoms with Crippen molar-refractivity contribution in [3.63, 3.8) is 0 Å². The average molecular weight is 409 g/mol.